The molecule has 6 nitrogen and oxygen atoms in total. The molecule has 118 valence electrons. The molecule has 3 rings (SSSR count). The highest BCUT2D eigenvalue weighted by Gasteiger charge is 2.17. The van der Waals surface area contributed by atoms with Crippen molar-refractivity contribution in [1.82, 2.24) is 0 Å². The summed E-state index contributed by atoms with van der Waals surface area (Å²) in [6.45, 7) is 2.00. The average molecular weight is 313 g/mol. The Morgan fingerprint density at radius 3 is 2.65 bits per heavy atom. The summed E-state index contributed by atoms with van der Waals surface area (Å²) in [4.78, 5) is 15.4. The quantitative estimate of drug-likeness (QED) is 0.877. The Balaban J connectivity index is 1.92. The first-order chi connectivity index (χ1) is 11.1. The Bertz CT molecular complexity index is 798. The minimum atomic E-state index is -0.957. The van der Waals surface area contributed by atoms with Crippen molar-refractivity contribution in [2.24, 2.45) is 4.99 Å². The fourth-order valence-electron chi connectivity index (χ4n) is 2.29. The molecular formula is C17H15NO5. The van der Waals surface area contributed by atoms with Crippen molar-refractivity contribution in [3.05, 3.63) is 47.0 Å². The van der Waals surface area contributed by atoms with E-state index in [4.69, 9.17) is 19.3 Å². The zero-order valence-corrected chi connectivity index (χ0v) is 12.7. The smallest absolute Gasteiger partial charge is 0.335 e. The predicted octanol–water partition coefficient (Wildman–Crippen LogP) is 3.18. The average Bonchev–Trinajstić information content (AvgIpc) is 2.99. The van der Waals surface area contributed by atoms with Crippen molar-refractivity contribution in [2.45, 2.75) is 6.92 Å². The van der Waals surface area contributed by atoms with Crippen molar-refractivity contribution in [3.63, 3.8) is 0 Å². The number of carboxylic acids is 1. The number of rotatable bonds is 4. The molecule has 0 bridgehead atoms. The van der Waals surface area contributed by atoms with Crippen molar-refractivity contribution < 1.29 is 24.1 Å². The molecule has 1 aliphatic heterocycles. The maximum absolute atomic E-state index is 11.0. The fraction of sp³-hybridized carbons (Fsp3) is 0.176. The highest BCUT2D eigenvalue weighted by molar-refractivity contribution is 5.90. The molecule has 0 amide bonds. The number of aromatic carboxylic acids is 1. The lowest BCUT2D eigenvalue weighted by Gasteiger charge is -2.06. The molecule has 0 unspecified atom stereocenters. The van der Waals surface area contributed by atoms with Crippen molar-refractivity contribution in [2.75, 3.05) is 13.9 Å². The zero-order valence-electron chi connectivity index (χ0n) is 12.7. The van der Waals surface area contributed by atoms with Crippen LogP contribution in [0, 0.1) is 6.92 Å². The topological polar surface area (TPSA) is 77.4 Å². The van der Waals surface area contributed by atoms with Gasteiger partial charge in [0.15, 0.2) is 11.5 Å². The molecule has 2 aromatic rings. The standard InChI is InChI=1S/C17H15NO5/c1-10-5-11(17(19)20)3-4-13(10)18-8-12-6-15-16(23-9-22-15)7-14(12)21-2/h3-8H,9H2,1-2H3,(H,19,20). The minimum Gasteiger partial charge on any atom is -0.496 e. The van der Waals surface area contributed by atoms with Crippen LogP contribution in [-0.2, 0) is 0 Å². The monoisotopic (exact) mass is 313 g/mol. The summed E-state index contributed by atoms with van der Waals surface area (Å²) < 4.78 is 16.0. The number of fused-ring (bicyclic) bond motifs is 1. The maximum Gasteiger partial charge on any atom is 0.335 e. The molecule has 0 aliphatic carbocycles. The Morgan fingerprint density at radius 1 is 1.26 bits per heavy atom. The molecule has 0 fully saturated rings. The van der Waals surface area contributed by atoms with Crippen LogP contribution < -0.4 is 14.2 Å². The molecule has 6 heteroatoms. The number of ether oxygens (including phenoxy) is 3. The van der Waals surface area contributed by atoms with E-state index in [0.717, 1.165) is 11.1 Å². The lowest BCUT2D eigenvalue weighted by atomic mass is 10.1. The number of carboxylic acid groups (broad SMARTS) is 1. The number of carbonyl (C=O) groups is 1. The molecule has 1 aliphatic rings. The van der Waals surface area contributed by atoms with Crippen LogP contribution >= 0.6 is 0 Å². The third kappa shape index (κ3) is 2.96. The first kappa shape index (κ1) is 14.9. The molecule has 0 atom stereocenters. The molecule has 1 N–H and O–H groups in total. The van der Waals surface area contributed by atoms with E-state index in [2.05, 4.69) is 4.99 Å². The second-order valence-electron chi connectivity index (χ2n) is 5.01. The number of hydrogen-bond donors (Lipinski definition) is 1. The summed E-state index contributed by atoms with van der Waals surface area (Å²) in [5, 5.41) is 8.99. The first-order valence-corrected chi connectivity index (χ1v) is 6.94. The first-order valence-electron chi connectivity index (χ1n) is 6.94. The van der Waals surface area contributed by atoms with Gasteiger partial charge in [-0.1, -0.05) is 0 Å². The number of aryl methyl sites for hydroxylation is 1. The van der Waals surface area contributed by atoms with E-state index >= 15 is 0 Å². The Kier molecular flexibility index (Phi) is 3.89. The van der Waals surface area contributed by atoms with E-state index in [9.17, 15) is 4.79 Å². The normalized spacial score (nSPS) is 12.6. The summed E-state index contributed by atoms with van der Waals surface area (Å²) >= 11 is 0. The number of hydrogen-bond acceptors (Lipinski definition) is 5. The highest BCUT2D eigenvalue weighted by Crippen LogP contribution is 2.37. The van der Waals surface area contributed by atoms with Gasteiger partial charge in [-0.2, -0.15) is 0 Å². The Morgan fingerprint density at radius 2 is 2.00 bits per heavy atom. The second kappa shape index (κ2) is 6.00. The maximum atomic E-state index is 11.0. The largest absolute Gasteiger partial charge is 0.496 e. The molecule has 0 saturated carbocycles. The van der Waals surface area contributed by atoms with Crippen LogP contribution in [0.3, 0.4) is 0 Å². The van der Waals surface area contributed by atoms with Gasteiger partial charge in [0.25, 0.3) is 0 Å². The SMILES string of the molecule is COc1cc2c(cc1C=Nc1ccc(C(=O)O)cc1C)OCO2. The number of benzene rings is 2. The van der Waals surface area contributed by atoms with Gasteiger partial charge in [-0.05, 0) is 36.8 Å². The molecule has 0 spiro atoms. The van der Waals surface area contributed by atoms with Gasteiger partial charge in [-0.3, -0.25) is 4.99 Å². The molecule has 0 aromatic heterocycles. The fourth-order valence-corrected chi connectivity index (χ4v) is 2.29. The van der Waals surface area contributed by atoms with Gasteiger partial charge >= 0.3 is 5.97 Å². The molecule has 1 heterocycles. The summed E-state index contributed by atoms with van der Waals surface area (Å²) in [6, 6.07) is 8.34. The molecule has 2 aromatic carbocycles. The summed E-state index contributed by atoms with van der Waals surface area (Å²) in [5.74, 6) is 0.949. The van der Waals surface area contributed by atoms with Crippen LogP contribution in [0.2, 0.25) is 0 Å². The van der Waals surface area contributed by atoms with E-state index in [-0.39, 0.29) is 12.4 Å². The molecule has 0 radical (unpaired) electrons. The second-order valence-corrected chi connectivity index (χ2v) is 5.01. The summed E-state index contributed by atoms with van der Waals surface area (Å²) in [6.07, 6.45) is 1.66. The van der Waals surface area contributed by atoms with Gasteiger partial charge in [0.05, 0.1) is 18.4 Å². The van der Waals surface area contributed by atoms with E-state index in [0.29, 0.717) is 22.9 Å². The van der Waals surface area contributed by atoms with Crippen LogP contribution in [0.1, 0.15) is 21.5 Å². The summed E-state index contributed by atoms with van der Waals surface area (Å²) in [5.41, 5.74) is 2.45. The summed E-state index contributed by atoms with van der Waals surface area (Å²) in [7, 11) is 1.57. The van der Waals surface area contributed by atoms with Gasteiger partial charge in [0.1, 0.15) is 5.75 Å². The minimum absolute atomic E-state index is 0.189. The van der Waals surface area contributed by atoms with E-state index in [1.807, 2.05) is 6.92 Å². The number of nitrogens with zero attached hydrogens (tertiary/aromatic N) is 1. The number of methoxy groups -OCH3 is 1. The van der Waals surface area contributed by atoms with E-state index in [1.54, 1.807) is 37.6 Å². The van der Waals surface area contributed by atoms with E-state index < -0.39 is 5.97 Å². The predicted molar refractivity (Wildman–Crippen MR) is 84.5 cm³/mol. The van der Waals surface area contributed by atoms with Gasteiger partial charge in [0.2, 0.25) is 6.79 Å². The number of aliphatic imine (C=N–C) groups is 1. The highest BCUT2D eigenvalue weighted by atomic mass is 16.7. The molecule has 23 heavy (non-hydrogen) atoms. The molecular weight excluding hydrogens is 298 g/mol. The third-order valence-electron chi connectivity index (χ3n) is 3.51. The van der Waals surface area contributed by atoms with Crippen molar-refractivity contribution in [1.29, 1.82) is 0 Å². The van der Waals surface area contributed by atoms with Gasteiger partial charge in [-0.25, -0.2) is 4.79 Å². The lowest BCUT2D eigenvalue weighted by Crippen LogP contribution is -1.96. The zero-order chi connectivity index (χ0) is 16.4. The van der Waals surface area contributed by atoms with Crippen molar-refractivity contribution >= 4 is 17.9 Å². The van der Waals surface area contributed by atoms with Crippen molar-refractivity contribution in [3.8, 4) is 17.2 Å². The van der Waals surface area contributed by atoms with Crippen LogP contribution in [0.4, 0.5) is 5.69 Å². The third-order valence-corrected chi connectivity index (χ3v) is 3.51. The van der Waals surface area contributed by atoms with Crippen LogP contribution in [0.5, 0.6) is 17.2 Å². The van der Waals surface area contributed by atoms with Gasteiger partial charge in [0, 0.05) is 17.8 Å². The Hall–Kier alpha value is -3.02. The van der Waals surface area contributed by atoms with Gasteiger partial charge < -0.3 is 19.3 Å². The lowest BCUT2D eigenvalue weighted by molar-refractivity contribution is 0.0697. The van der Waals surface area contributed by atoms with Gasteiger partial charge in [-0.15, -0.1) is 0 Å². The van der Waals surface area contributed by atoms with Crippen LogP contribution in [-0.4, -0.2) is 31.2 Å². The van der Waals surface area contributed by atoms with E-state index in [1.165, 1.54) is 6.07 Å². The van der Waals surface area contributed by atoms with Crippen LogP contribution in [0.25, 0.3) is 0 Å². The Labute approximate surface area is 132 Å². The van der Waals surface area contributed by atoms with Crippen LogP contribution in [0.15, 0.2) is 35.3 Å². The molecule has 0 saturated heterocycles.